The molecule has 2 aromatic rings. The third-order valence-electron chi connectivity index (χ3n) is 3.23. The molecule has 0 aliphatic carbocycles. The maximum absolute atomic E-state index is 5.35. The zero-order valence-corrected chi connectivity index (χ0v) is 11.1. The van der Waals surface area contributed by atoms with Crippen LogP contribution in [0.2, 0.25) is 0 Å². The lowest BCUT2D eigenvalue weighted by atomic mass is 10.2. The van der Waals surface area contributed by atoms with Crippen molar-refractivity contribution in [2.45, 2.75) is 13.8 Å². The van der Waals surface area contributed by atoms with E-state index >= 15 is 0 Å². The Balaban J connectivity index is 1.95. The molecule has 6 nitrogen and oxygen atoms in total. The molecule has 0 unspecified atom stereocenters. The van der Waals surface area contributed by atoms with Crippen LogP contribution >= 0.6 is 0 Å². The number of anilines is 1. The highest BCUT2D eigenvalue weighted by Crippen LogP contribution is 2.25. The van der Waals surface area contributed by atoms with Crippen LogP contribution in [0.5, 0.6) is 0 Å². The highest BCUT2D eigenvalue weighted by molar-refractivity contribution is 5.61. The molecule has 1 aliphatic heterocycles. The molecule has 1 aliphatic rings. The van der Waals surface area contributed by atoms with E-state index in [9.17, 15) is 0 Å². The second-order valence-electron chi connectivity index (χ2n) is 4.54. The van der Waals surface area contributed by atoms with Crippen LogP contribution in [0.3, 0.4) is 0 Å². The van der Waals surface area contributed by atoms with Gasteiger partial charge in [0.05, 0.1) is 24.5 Å². The number of ether oxygens (including phenoxy) is 1. The predicted molar refractivity (Wildman–Crippen MR) is 70.0 cm³/mol. The molecule has 3 rings (SSSR count). The third kappa shape index (κ3) is 2.31. The Bertz CT molecular complexity index is 556. The predicted octanol–water partition coefficient (Wildman–Crippen LogP) is 1.59. The molecular formula is C13H16N4O2. The van der Waals surface area contributed by atoms with Crippen LogP contribution in [0, 0.1) is 13.8 Å². The summed E-state index contributed by atoms with van der Waals surface area (Å²) in [5.74, 6) is 2.34. The van der Waals surface area contributed by atoms with Crippen molar-refractivity contribution >= 4 is 5.82 Å². The maximum Gasteiger partial charge on any atom is 0.166 e. The molecule has 0 spiro atoms. The number of hydrogen-bond acceptors (Lipinski definition) is 6. The van der Waals surface area contributed by atoms with Gasteiger partial charge in [0.25, 0.3) is 0 Å². The standard InChI is InChI=1S/C13H16N4O2/c1-9-12(10(2)19-16-9)13-14-4-3-11(15-13)17-5-7-18-8-6-17/h3-4H,5-8H2,1-2H3. The van der Waals surface area contributed by atoms with Crippen molar-refractivity contribution in [2.24, 2.45) is 0 Å². The van der Waals surface area contributed by atoms with Crippen molar-refractivity contribution in [3.63, 3.8) is 0 Å². The van der Waals surface area contributed by atoms with Crippen molar-refractivity contribution in [2.75, 3.05) is 31.2 Å². The van der Waals surface area contributed by atoms with Crippen LogP contribution in [0.1, 0.15) is 11.5 Å². The van der Waals surface area contributed by atoms with E-state index in [1.165, 1.54) is 0 Å². The number of aromatic nitrogens is 3. The summed E-state index contributed by atoms with van der Waals surface area (Å²) in [6.07, 6.45) is 1.78. The van der Waals surface area contributed by atoms with Crippen molar-refractivity contribution in [1.82, 2.24) is 15.1 Å². The Morgan fingerprint density at radius 2 is 2.00 bits per heavy atom. The zero-order chi connectivity index (χ0) is 13.2. The Kier molecular flexibility index (Phi) is 3.16. The number of nitrogens with zero attached hydrogens (tertiary/aromatic N) is 4. The van der Waals surface area contributed by atoms with Crippen molar-refractivity contribution in [3.8, 4) is 11.4 Å². The molecule has 1 fully saturated rings. The number of morpholine rings is 1. The quantitative estimate of drug-likeness (QED) is 0.817. The fourth-order valence-corrected chi connectivity index (χ4v) is 2.24. The van der Waals surface area contributed by atoms with Gasteiger partial charge >= 0.3 is 0 Å². The molecular weight excluding hydrogens is 244 g/mol. The first-order valence-electron chi connectivity index (χ1n) is 6.34. The normalized spacial score (nSPS) is 15.8. The Morgan fingerprint density at radius 3 is 2.68 bits per heavy atom. The second kappa shape index (κ2) is 4.97. The first-order chi connectivity index (χ1) is 9.25. The summed E-state index contributed by atoms with van der Waals surface area (Å²) in [5, 5.41) is 3.95. The van der Waals surface area contributed by atoms with Crippen LogP contribution < -0.4 is 4.90 Å². The van der Waals surface area contributed by atoms with E-state index in [1.54, 1.807) is 6.20 Å². The molecule has 19 heavy (non-hydrogen) atoms. The highest BCUT2D eigenvalue weighted by atomic mass is 16.5. The molecule has 0 bridgehead atoms. The largest absolute Gasteiger partial charge is 0.378 e. The average molecular weight is 260 g/mol. The third-order valence-corrected chi connectivity index (χ3v) is 3.23. The van der Waals surface area contributed by atoms with Gasteiger partial charge in [-0.1, -0.05) is 5.16 Å². The minimum atomic E-state index is 0.667. The molecule has 0 saturated carbocycles. The molecule has 0 amide bonds. The van der Waals surface area contributed by atoms with Gasteiger partial charge in [0.1, 0.15) is 11.6 Å². The van der Waals surface area contributed by atoms with Crippen molar-refractivity contribution in [3.05, 3.63) is 23.7 Å². The van der Waals surface area contributed by atoms with Gasteiger partial charge in [0.2, 0.25) is 0 Å². The summed E-state index contributed by atoms with van der Waals surface area (Å²) in [7, 11) is 0. The lowest BCUT2D eigenvalue weighted by Gasteiger charge is -2.27. The van der Waals surface area contributed by atoms with E-state index in [0.717, 1.165) is 49.1 Å². The minimum Gasteiger partial charge on any atom is -0.378 e. The van der Waals surface area contributed by atoms with Gasteiger partial charge in [-0.2, -0.15) is 0 Å². The molecule has 6 heteroatoms. The number of rotatable bonds is 2. The smallest absolute Gasteiger partial charge is 0.166 e. The van der Waals surface area contributed by atoms with Gasteiger partial charge < -0.3 is 14.2 Å². The van der Waals surface area contributed by atoms with E-state index in [0.29, 0.717) is 5.82 Å². The summed E-state index contributed by atoms with van der Waals surface area (Å²) in [6.45, 7) is 6.97. The van der Waals surface area contributed by atoms with E-state index in [2.05, 4.69) is 20.0 Å². The first-order valence-corrected chi connectivity index (χ1v) is 6.34. The van der Waals surface area contributed by atoms with Crippen LogP contribution in [0.25, 0.3) is 11.4 Å². The van der Waals surface area contributed by atoms with Gasteiger partial charge in [-0.25, -0.2) is 9.97 Å². The summed E-state index contributed by atoms with van der Waals surface area (Å²) in [5.41, 5.74) is 1.70. The lowest BCUT2D eigenvalue weighted by molar-refractivity contribution is 0.122. The van der Waals surface area contributed by atoms with Crippen LogP contribution in [-0.4, -0.2) is 41.4 Å². The Labute approximate surface area is 111 Å². The van der Waals surface area contributed by atoms with Crippen molar-refractivity contribution in [1.29, 1.82) is 0 Å². The summed E-state index contributed by atoms with van der Waals surface area (Å²) in [6, 6.07) is 1.92. The Hall–Kier alpha value is -1.95. The van der Waals surface area contributed by atoms with E-state index in [4.69, 9.17) is 9.26 Å². The van der Waals surface area contributed by atoms with Crippen LogP contribution in [0.15, 0.2) is 16.8 Å². The average Bonchev–Trinajstić information content (AvgIpc) is 2.79. The van der Waals surface area contributed by atoms with Gasteiger partial charge in [-0.15, -0.1) is 0 Å². The van der Waals surface area contributed by atoms with Crippen molar-refractivity contribution < 1.29 is 9.26 Å². The molecule has 0 atom stereocenters. The topological polar surface area (TPSA) is 64.3 Å². The number of aryl methyl sites for hydroxylation is 2. The molecule has 3 heterocycles. The van der Waals surface area contributed by atoms with E-state index in [-0.39, 0.29) is 0 Å². The molecule has 2 aromatic heterocycles. The highest BCUT2D eigenvalue weighted by Gasteiger charge is 2.17. The fourth-order valence-electron chi connectivity index (χ4n) is 2.24. The minimum absolute atomic E-state index is 0.667. The van der Waals surface area contributed by atoms with Gasteiger partial charge in [-0.3, -0.25) is 0 Å². The van der Waals surface area contributed by atoms with Gasteiger partial charge in [-0.05, 0) is 19.9 Å². The number of hydrogen-bond donors (Lipinski definition) is 0. The lowest BCUT2D eigenvalue weighted by Crippen LogP contribution is -2.36. The van der Waals surface area contributed by atoms with E-state index in [1.807, 2.05) is 19.9 Å². The Morgan fingerprint density at radius 1 is 1.21 bits per heavy atom. The zero-order valence-electron chi connectivity index (χ0n) is 11.1. The fraction of sp³-hybridized carbons (Fsp3) is 0.462. The summed E-state index contributed by atoms with van der Waals surface area (Å²) in [4.78, 5) is 11.2. The van der Waals surface area contributed by atoms with Gasteiger partial charge in [0.15, 0.2) is 5.82 Å². The molecule has 0 aromatic carbocycles. The van der Waals surface area contributed by atoms with Gasteiger partial charge in [0, 0.05) is 19.3 Å². The second-order valence-corrected chi connectivity index (χ2v) is 4.54. The van der Waals surface area contributed by atoms with Crippen LogP contribution in [-0.2, 0) is 4.74 Å². The van der Waals surface area contributed by atoms with Crippen LogP contribution in [0.4, 0.5) is 5.82 Å². The molecule has 0 radical (unpaired) electrons. The first kappa shape index (κ1) is 12.1. The van der Waals surface area contributed by atoms with E-state index < -0.39 is 0 Å². The SMILES string of the molecule is Cc1noc(C)c1-c1nccc(N2CCOCC2)n1. The maximum atomic E-state index is 5.35. The summed E-state index contributed by atoms with van der Waals surface area (Å²) < 4.78 is 10.5. The monoisotopic (exact) mass is 260 g/mol. The molecule has 0 N–H and O–H groups in total. The molecule has 1 saturated heterocycles. The summed E-state index contributed by atoms with van der Waals surface area (Å²) >= 11 is 0. The molecule has 100 valence electrons.